The number of ether oxygens (including phenoxy) is 1. The van der Waals surface area contributed by atoms with Gasteiger partial charge in [-0.1, -0.05) is 12.1 Å². The molecule has 0 aliphatic rings. The van der Waals surface area contributed by atoms with Gasteiger partial charge in [-0.05, 0) is 50.2 Å². The Kier molecular flexibility index (Phi) is 5.53. The van der Waals surface area contributed by atoms with Crippen LogP contribution in [-0.2, 0) is 10.0 Å². The molecule has 24 heavy (non-hydrogen) atoms. The molecule has 128 valence electrons. The maximum absolute atomic E-state index is 13.5. The molecule has 0 aromatic heterocycles. The first-order valence-corrected chi connectivity index (χ1v) is 8.61. The number of amides is 1. The number of carbonyl (C=O) groups excluding carboxylic acids is 1. The molecule has 0 fully saturated rings. The molecule has 0 atom stereocenters. The van der Waals surface area contributed by atoms with Crippen molar-refractivity contribution in [1.82, 2.24) is 10.3 Å². The van der Waals surface area contributed by atoms with E-state index >= 15 is 0 Å². The van der Waals surface area contributed by atoms with Crippen LogP contribution in [-0.4, -0.2) is 20.4 Å². The minimum Gasteiger partial charge on any atom is -0.491 e. The van der Waals surface area contributed by atoms with Gasteiger partial charge >= 0.3 is 0 Å². The molecule has 6 nitrogen and oxygen atoms in total. The molecular weight excluding hydrogens is 335 g/mol. The topological polar surface area (TPSA) is 84.5 Å². The van der Waals surface area contributed by atoms with Crippen LogP contribution in [0.3, 0.4) is 0 Å². The number of hydrogen-bond acceptors (Lipinski definition) is 4. The summed E-state index contributed by atoms with van der Waals surface area (Å²) in [6.07, 6.45) is -0.00254. The summed E-state index contributed by atoms with van der Waals surface area (Å²) < 4.78 is 42.9. The fourth-order valence-electron chi connectivity index (χ4n) is 1.86. The van der Waals surface area contributed by atoms with Gasteiger partial charge in [0, 0.05) is 5.56 Å². The third kappa shape index (κ3) is 4.53. The van der Waals surface area contributed by atoms with Gasteiger partial charge in [0.15, 0.2) is 0 Å². The van der Waals surface area contributed by atoms with E-state index < -0.39 is 26.6 Å². The number of benzene rings is 2. The van der Waals surface area contributed by atoms with Gasteiger partial charge < -0.3 is 4.74 Å². The van der Waals surface area contributed by atoms with Crippen molar-refractivity contribution in [3.63, 3.8) is 0 Å². The minimum atomic E-state index is -4.20. The van der Waals surface area contributed by atoms with Gasteiger partial charge in [-0.3, -0.25) is 10.2 Å². The van der Waals surface area contributed by atoms with E-state index in [0.29, 0.717) is 5.75 Å². The summed E-state index contributed by atoms with van der Waals surface area (Å²) >= 11 is 0. The van der Waals surface area contributed by atoms with Crippen molar-refractivity contribution in [3.8, 4) is 5.75 Å². The Labute approximate surface area is 139 Å². The standard InChI is InChI=1S/C16H17FN2O4S/c1-11(2)23-13-9-7-12(8-10-13)16(20)18-19-24(21,22)15-6-4-3-5-14(15)17/h3-11,19H,1-2H3,(H,18,20). The van der Waals surface area contributed by atoms with Crippen molar-refractivity contribution in [2.75, 3.05) is 0 Å². The molecule has 0 spiro atoms. The number of sulfonamides is 1. The summed E-state index contributed by atoms with van der Waals surface area (Å²) in [5, 5.41) is 0. The summed E-state index contributed by atoms with van der Waals surface area (Å²) in [6, 6.07) is 11.0. The lowest BCUT2D eigenvalue weighted by Gasteiger charge is -2.11. The number of hydrogen-bond donors (Lipinski definition) is 2. The van der Waals surface area contributed by atoms with Crippen molar-refractivity contribution >= 4 is 15.9 Å². The molecule has 0 saturated carbocycles. The SMILES string of the molecule is CC(C)Oc1ccc(C(=O)NNS(=O)(=O)c2ccccc2F)cc1. The van der Waals surface area contributed by atoms with E-state index in [2.05, 4.69) is 0 Å². The second-order valence-electron chi connectivity index (χ2n) is 5.18. The van der Waals surface area contributed by atoms with Crippen LogP contribution < -0.4 is 15.0 Å². The van der Waals surface area contributed by atoms with Gasteiger partial charge in [-0.25, -0.2) is 12.8 Å². The molecule has 0 aliphatic heterocycles. The minimum absolute atomic E-state index is 0.00254. The lowest BCUT2D eigenvalue weighted by molar-refractivity contribution is 0.0945. The fraction of sp³-hybridized carbons (Fsp3) is 0.188. The van der Waals surface area contributed by atoms with Gasteiger partial charge in [0.1, 0.15) is 16.5 Å². The second kappa shape index (κ2) is 7.41. The highest BCUT2D eigenvalue weighted by atomic mass is 32.2. The Balaban J connectivity index is 2.04. The normalized spacial score (nSPS) is 11.3. The first kappa shape index (κ1) is 17.9. The number of hydrazine groups is 1. The Morgan fingerprint density at radius 2 is 1.71 bits per heavy atom. The zero-order valence-corrected chi connectivity index (χ0v) is 13.9. The molecule has 2 aromatic carbocycles. The molecule has 2 aromatic rings. The van der Waals surface area contributed by atoms with E-state index in [0.717, 1.165) is 12.1 Å². The zero-order valence-electron chi connectivity index (χ0n) is 13.1. The highest BCUT2D eigenvalue weighted by molar-refractivity contribution is 7.89. The molecule has 0 saturated heterocycles. The molecule has 1 amide bonds. The molecule has 0 bridgehead atoms. The summed E-state index contributed by atoms with van der Waals surface area (Å²) in [5.74, 6) is -0.992. The molecule has 8 heteroatoms. The number of rotatable bonds is 6. The van der Waals surface area contributed by atoms with E-state index in [1.54, 1.807) is 12.1 Å². The van der Waals surface area contributed by atoms with E-state index in [4.69, 9.17) is 4.74 Å². The molecule has 0 unspecified atom stereocenters. The Morgan fingerprint density at radius 1 is 1.08 bits per heavy atom. The summed E-state index contributed by atoms with van der Waals surface area (Å²) in [4.78, 5) is 13.3. The van der Waals surface area contributed by atoms with Crippen LogP contribution in [0.1, 0.15) is 24.2 Å². The Hall–Kier alpha value is -2.45. The number of halogens is 1. The van der Waals surface area contributed by atoms with Crippen molar-refractivity contribution in [2.45, 2.75) is 24.8 Å². The van der Waals surface area contributed by atoms with E-state index in [9.17, 15) is 17.6 Å². The molecule has 2 N–H and O–H groups in total. The Bertz CT molecular complexity index is 820. The van der Waals surface area contributed by atoms with Crippen molar-refractivity contribution < 1.29 is 22.3 Å². The van der Waals surface area contributed by atoms with Crippen LogP contribution in [0.5, 0.6) is 5.75 Å². The second-order valence-corrected chi connectivity index (χ2v) is 6.83. The van der Waals surface area contributed by atoms with Crippen LogP contribution in [0.25, 0.3) is 0 Å². The van der Waals surface area contributed by atoms with Crippen LogP contribution in [0, 0.1) is 5.82 Å². The molecule has 0 aliphatic carbocycles. The van der Waals surface area contributed by atoms with Crippen LogP contribution in [0.2, 0.25) is 0 Å². The summed E-state index contributed by atoms with van der Waals surface area (Å²) in [7, 11) is -4.20. The maximum Gasteiger partial charge on any atom is 0.266 e. The van der Waals surface area contributed by atoms with Gasteiger partial charge in [0.25, 0.3) is 15.9 Å². The molecule has 0 radical (unpaired) electrons. The summed E-state index contributed by atoms with van der Waals surface area (Å²) in [6.45, 7) is 3.75. The largest absolute Gasteiger partial charge is 0.491 e. The van der Waals surface area contributed by atoms with Gasteiger partial charge in [-0.15, -0.1) is 4.83 Å². The third-order valence-corrected chi connectivity index (χ3v) is 4.19. The average molecular weight is 352 g/mol. The maximum atomic E-state index is 13.5. The van der Waals surface area contributed by atoms with Crippen molar-refractivity contribution in [1.29, 1.82) is 0 Å². The van der Waals surface area contributed by atoms with E-state index in [1.807, 2.05) is 24.1 Å². The van der Waals surface area contributed by atoms with Crippen molar-refractivity contribution in [2.24, 2.45) is 0 Å². The third-order valence-electron chi connectivity index (χ3n) is 2.91. The predicted octanol–water partition coefficient (Wildman–Crippen LogP) is 2.24. The van der Waals surface area contributed by atoms with E-state index in [1.165, 1.54) is 24.3 Å². The zero-order chi connectivity index (χ0) is 17.7. The molecule has 2 rings (SSSR count). The predicted molar refractivity (Wildman–Crippen MR) is 86.4 cm³/mol. The van der Waals surface area contributed by atoms with Gasteiger partial charge in [0.2, 0.25) is 0 Å². The van der Waals surface area contributed by atoms with Crippen LogP contribution in [0.15, 0.2) is 53.4 Å². The van der Waals surface area contributed by atoms with E-state index in [-0.39, 0.29) is 11.7 Å². The average Bonchev–Trinajstić information content (AvgIpc) is 2.53. The lowest BCUT2D eigenvalue weighted by atomic mass is 10.2. The Morgan fingerprint density at radius 3 is 2.29 bits per heavy atom. The fourth-order valence-corrected chi connectivity index (χ4v) is 2.78. The highest BCUT2D eigenvalue weighted by Crippen LogP contribution is 2.14. The van der Waals surface area contributed by atoms with Crippen LogP contribution in [0.4, 0.5) is 4.39 Å². The van der Waals surface area contributed by atoms with Crippen molar-refractivity contribution in [3.05, 3.63) is 59.9 Å². The van der Waals surface area contributed by atoms with Gasteiger partial charge in [-0.2, -0.15) is 0 Å². The number of carbonyl (C=O) groups is 1. The lowest BCUT2D eigenvalue weighted by Crippen LogP contribution is -2.41. The smallest absolute Gasteiger partial charge is 0.266 e. The van der Waals surface area contributed by atoms with Gasteiger partial charge in [0.05, 0.1) is 6.10 Å². The monoisotopic (exact) mass is 352 g/mol. The quantitative estimate of drug-likeness (QED) is 0.781. The van der Waals surface area contributed by atoms with Crippen LogP contribution >= 0.6 is 0 Å². The molecular formula is C16H17FN2O4S. The number of nitrogens with one attached hydrogen (secondary N) is 2. The first-order valence-electron chi connectivity index (χ1n) is 7.13. The highest BCUT2D eigenvalue weighted by Gasteiger charge is 2.19. The first-order chi connectivity index (χ1) is 11.3. The molecule has 0 heterocycles. The summed E-state index contributed by atoms with van der Waals surface area (Å²) in [5.41, 5.74) is 2.27.